The van der Waals surface area contributed by atoms with Gasteiger partial charge in [0.25, 0.3) is 11.8 Å². The maximum Gasteiger partial charge on any atom is 0.416 e. The number of carbonyl (C=O) groups excluding carboxylic acids is 3. The summed E-state index contributed by atoms with van der Waals surface area (Å²) in [4.78, 5) is 38.5. The molecule has 0 fully saturated rings. The van der Waals surface area contributed by atoms with Gasteiger partial charge in [0.2, 0.25) is 5.91 Å². The van der Waals surface area contributed by atoms with Crippen LogP contribution in [0.2, 0.25) is 0 Å². The first kappa shape index (κ1) is 21.5. The average molecular weight is 418 g/mol. The Bertz CT molecular complexity index is 1010. The van der Waals surface area contributed by atoms with Crippen molar-refractivity contribution < 1.29 is 27.6 Å². The first-order valence-corrected chi connectivity index (χ1v) is 9.42. The average Bonchev–Trinajstić information content (AvgIpc) is 2.89. The van der Waals surface area contributed by atoms with Crippen molar-refractivity contribution in [3.8, 4) is 0 Å². The van der Waals surface area contributed by atoms with Gasteiger partial charge in [0, 0.05) is 0 Å². The molecule has 8 heteroatoms. The van der Waals surface area contributed by atoms with E-state index in [-0.39, 0.29) is 17.0 Å². The molecule has 1 unspecified atom stereocenters. The second-order valence-corrected chi connectivity index (χ2v) is 7.66. The number of benzene rings is 2. The summed E-state index contributed by atoms with van der Waals surface area (Å²) in [6, 6.07) is 8.87. The van der Waals surface area contributed by atoms with Crippen molar-refractivity contribution in [1.29, 1.82) is 0 Å². The Morgan fingerprint density at radius 3 is 2.33 bits per heavy atom. The van der Waals surface area contributed by atoms with Crippen molar-refractivity contribution in [2.24, 2.45) is 5.92 Å². The monoisotopic (exact) mass is 418 g/mol. The first-order valence-electron chi connectivity index (χ1n) is 9.42. The molecule has 1 aliphatic rings. The summed E-state index contributed by atoms with van der Waals surface area (Å²) in [6.07, 6.45) is -4.50. The van der Waals surface area contributed by atoms with E-state index in [1.807, 2.05) is 0 Å². The molecule has 0 saturated carbocycles. The highest BCUT2D eigenvalue weighted by atomic mass is 19.4. The van der Waals surface area contributed by atoms with Gasteiger partial charge >= 0.3 is 6.18 Å². The SMILES string of the molecule is Cc1ccc2c(c1)C(=O)N(CC(=O)NC(c1cccc(C(F)(F)F)c1)C(C)C)C2=O. The van der Waals surface area contributed by atoms with Crippen molar-refractivity contribution >= 4 is 17.7 Å². The van der Waals surface area contributed by atoms with Crippen LogP contribution in [-0.4, -0.2) is 29.2 Å². The van der Waals surface area contributed by atoms with Crippen LogP contribution in [0.25, 0.3) is 0 Å². The Labute approximate surface area is 171 Å². The Morgan fingerprint density at radius 2 is 1.70 bits per heavy atom. The van der Waals surface area contributed by atoms with Gasteiger partial charge in [-0.2, -0.15) is 13.2 Å². The van der Waals surface area contributed by atoms with Crippen LogP contribution in [0.5, 0.6) is 0 Å². The largest absolute Gasteiger partial charge is 0.416 e. The number of aryl methyl sites for hydroxylation is 1. The summed E-state index contributed by atoms with van der Waals surface area (Å²) in [5.74, 6) is -1.97. The highest BCUT2D eigenvalue weighted by Gasteiger charge is 2.37. The fraction of sp³-hybridized carbons (Fsp3) is 0.318. The second kappa shape index (κ2) is 7.93. The van der Waals surface area contributed by atoms with Gasteiger partial charge in [-0.1, -0.05) is 37.6 Å². The van der Waals surface area contributed by atoms with Crippen LogP contribution in [0, 0.1) is 12.8 Å². The molecule has 1 heterocycles. The number of carbonyl (C=O) groups is 3. The zero-order valence-corrected chi connectivity index (χ0v) is 16.7. The van der Waals surface area contributed by atoms with Crippen LogP contribution < -0.4 is 5.32 Å². The highest BCUT2D eigenvalue weighted by Crippen LogP contribution is 2.32. The van der Waals surface area contributed by atoms with Gasteiger partial charge < -0.3 is 5.32 Å². The zero-order chi connectivity index (χ0) is 22.2. The van der Waals surface area contributed by atoms with E-state index < -0.39 is 42.0 Å². The molecule has 1 aliphatic heterocycles. The standard InChI is InChI=1S/C22H21F3N2O3/c1-12(2)19(14-5-4-6-15(10-14)22(23,24)25)26-18(28)11-27-20(29)16-8-7-13(3)9-17(16)21(27)30/h4-10,12,19H,11H2,1-3H3,(H,26,28). The molecule has 0 saturated heterocycles. The smallest absolute Gasteiger partial charge is 0.347 e. The van der Waals surface area contributed by atoms with Crippen molar-refractivity contribution in [1.82, 2.24) is 10.2 Å². The van der Waals surface area contributed by atoms with Crippen molar-refractivity contribution in [2.75, 3.05) is 6.54 Å². The third-order valence-electron chi connectivity index (χ3n) is 4.98. The van der Waals surface area contributed by atoms with Gasteiger partial charge in [0.05, 0.1) is 22.7 Å². The number of nitrogens with zero attached hydrogens (tertiary/aromatic N) is 1. The lowest BCUT2D eigenvalue weighted by molar-refractivity contribution is -0.137. The Kier molecular flexibility index (Phi) is 5.70. The molecule has 0 spiro atoms. The van der Waals surface area contributed by atoms with Crippen molar-refractivity contribution in [3.05, 3.63) is 70.3 Å². The molecule has 5 nitrogen and oxygen atoms in total. The van der Waals surface area contributed by atoms with Crippen LogP contribution in [0.3, 0.4) is 0 Å². The molecule has 0 radical (unpaired) electrons. The van der Waals surface area contributed by atoms with Gasteiger partial charge in [-0.15, -0.1) is 0 Å². The number of alkyl halides is 3. The number of hydrogen-bond donors (Lipinski definition) is 1. The van der Waals surface area contributed by atoms with Gasteiger partial charge in [-0.05, 0) is 42.7 Å². The lowest BCUT2D eigenvalue weighted by Crippen LogP contribution is -2.42. The lowest BCUT2D eigenvalue weighted by Gasteiger charge is -2.25. The molecule has 3 rings (SSSR count). The third-order valence-corrected chi connectivity index (χ3v) is 4.98. The van der Waals surface area contributed by atoms with E-state index in [0.717, 1.165) is 22.6 Å². The zero-order valence-electron chi connectivity index (χ0n) is 16.7. The minimum absolute atomic E-state index is 0.220. The Balaban J connectivity index is 1.77. The number of rotatable bonds is 5. The van der Waals surface area contributed by atoms with E-state index >= 15 is 0 Å². The minimum atomic E-state index is -4.50. The number of amides is 3. The van der Waals surface area contributed by atoms with Gasteiger partial charge in [0.1, 0.15) is 6.54 Å². The third kappa shape index (κ3) is 4.22. The summed E-state index contributed by atoms with van der Waals surface area (Å²) >= 11 is 0. The fourth-order valence-corrected chi connectivity index (χ4v) is 3.45. The first-order chi connectivity index (χ1) is 14.0. The van der Waals surface area contributed by atoms with Gasteiger partial charge in [-0.25, -0.2) is 0 Å². The maximum absolute atomic E-state index is 13.0. The van der Waals surface area contributed by atoms with Gasteiger partial charge in [-0.3, -0.25) is 19.3 Å². The van der Waals surface area contributed by atoms with Crippen LogP contribution >= 0.6 is 0 Å². The Morgan fingerprint density at radius 1 is 1.03 bits per heavy atom. The highest BCUT2D eigenvalue weighted by molar-refractivity contribution is 6.22. The molecular weight excluding hydrogens is 397 g/mol. The lowest BCUT2D eigenvalue weighted by atomic mass is 9.94. The molecule has 30 heavy (non-hydrogen) atoms. The topological polar surface area (TPSA) is 66.5 Å². The van der Waals surface area contributed by atoms with E-state index in [0.29, 0.717) is 5.56 Å². The number of halogens is 3. The van der Waals surface area contributed by atoms with Crippen molar-refractivity contribution in [2.45, 2.75) is 33.0 Å². The molecule has 1 atom stereocenters. The summed E-state index contributed by atoms with van der Waals surface area (Å²) < 4.78 is 39.1. The second-order valence-electron chi connectivity index (χ2n) is 7.66. The predicted octanol–water partition coefficient (Wildman–Crippen LogP) is 4.12. The number of hydrogen-bond acceptors (Lipinski definition) is 3. The normalized spacial score (nSPS) is 14.8. The molecule has 158 valence electrons. The van der Waals surface area contributed by atoms with Crippen LogP contribution in [0.1, 0.15) is 57.3 Å². The molecule has 0 aliphatic carbocycles. The summed E-state index contributed by atoms with van der Waals surface area (Å²) in [7, 11) is 0. The van der Waals surface area contributed by atoms with Crippen LogP contribution in [-0.2, 0) is 11.0 Å². The van der Waals surface area contributed by atoms with E-state index in [1.165, 1.54) is 12.1 Å². The number of fused-ring (bicyclic) bond motifs is 1. The van der Waals surface area contributed by atoms with Crippen LogP contribution in [0.4, 0.5) is 13.2 Å². The van der Waals surface area contributed by atoms with Crippen molar-refractivity contribution in [3.63, 3.8) is 0 Å². The van der Waals surface area contributed by atoms with E-state index in [4.69, 9.17) is 0 Å². The summed E-state index contributed by atoms with van der Waals surface area (Å²) in [5, 5.41) is 2.67. The van der Waals surface area contributed by atoms with E-state index in [1.54, 1.807) is 39.0 Å². The minimum Gasteiger partial charge on any atom is -0.347 e. The number of nitrogens with one attached hydrogen (secondary N) is 1. The molecule has 3 amide bonds. The van der Waals surface area contributed by atoms with Gasteiger partial charge in [0.15, 0.2) is 0 Å². The summed E-state index contributed by atoms with van der Waals surface area (Å²) in [6.45, 7) is 4.80. The van der Waals surface area contributed by atoms with Crippen LogP contribution in [0.15, 0.2) is 42.5 Å². The van der Waals surface area contributed by atoms with E-state index in [9.17, 15) is 27.6 Å². The number of imide groups is 1. The molecule has 2 aromatic rings. The Hall–Kier alpha value is -3.16. The quantitative estimate of drug-likeness (QED) is 0.743. The molecule has 0 aromatic heterocycles. The molecule has 1 N–H and O–H groups in total. The molecule has 0 bridgehead atoms. The maximum atomic E-state index is 13.0. The fourth-order valence-electron chi connectivity index (χ4n) is 3.45. The molecular formula is C22H21F3N2O3. The summed E-state index contributed by atoms with van der Waals surface area (Å²) in [5.41, 5.74) is 0.773. The predicted molar refractivity (Wildman–Crippen MR) is 104 cm³/mol. The molecule has 2 aromatic carbocycles. The van der Waals surface area contributed by atoms with E-state index in [2.05, 4.69) is 5.32 Å².